The van der Waals surface area contributed by atoms with Gasteiger partial charge in [0, 0.05) is 25.5 Å². The minimum absolute atomic E-state index is 0.130. The van der Waals surface area contributed by atoms with Gasteiger partial charge in [-0.1, -0.05) is 19.1 Å². The van der Waals surface area contributed by atoms with Gasteiger partial charge in [0.05, 0.1) is 11.3 Å². The molecule has 0 spiro atoms. The summed E-state index contributed by atoms with van der Waals surface area (Å²) in [5.41, 5.74) is 2.23. The van der Waals surface area contributed by atoms with Gasteiger partial charge in [-0.25, -0.2) is 4.39 Å². The second-order valence-corrected chi connectivity index (χ2v) is 4.70. The molecule has 1 aromatic carbocycles. The lowest BCUT2D eigenvalue weighted by Gasteiger charge is -2.08. The molecular formula is C16H18FN3O. The van der Waals surface area contributed by atoms with Crippen molar-refractivity contribution in [1.29, 1.82) is 0 Å². The lowest BCUT2D eigenvalue weighted by Crippen LogP contribution is -2.24. The largest absolute Gasteiger partial charge is 0.380 e. The van der Waals surface area contributed by atoms with E-state index in [2.05, 4.69) is 15.6 Å². The molecule has 1 aromatic heterocycles. The summed E-state index contributed by atoms with van der Waals surface area (Å²) in [5, 5.41) is 5.97. The monoisotopic (exact) mass is 287 g/mol. The van der Waals surface area contributed by atoms with Crippen molar-refractivity contribution in [3.63, 3.8) is 0 Å². The van der Waals surface area contributed by atoms with Crippen molar-refractivity contribution in [1.82, 2.24) is 10.3 Å². The molecule has 0 fully saturated rings. The molecule has 21 heavy (non-hydrogen) atoms. The van der Waals surface area contributed by atoms with Crippen molar-refractivity contribution in [2.24, 2.45) is 0 Å². The highest BCUT2D eigenvalue weighted by Crippen LogP contribution is 2.11. The number of amides is 1. The first-order valence-electron chi connectivity index (χ1n) is 6.90. The van der Waals surface area contributed by atoms with Crippen molar-refractivity contribution >= 4 is 11.6 Å². The van der Waals surface area contributed by atoms with Gasteiger partial charge in [0.1, 0.15) is 5.82 Å². The summed E-state index contributed by atoms with van der Waals surface area (Å²) in [6.45, 7) is 3.19. The van der Waals surface area contributed by atoms with E-state index >= 15 is 0 Å². The van der Waals surface area contributed by atoms with E-state index in [-0.39, 0.29) is 11.7 Å². The number of aromatic nitrogens is 1. The van der Waals surface area contributed by atoms with Gasteiger partial charge >= 0.3 is 0 Å². The third-order valence-electron chi connectivity index (χ3n) is 2.95. The van der Waals surface area contributed by atoms with Crippen LogP contribution >= 0.6 is 0 Å². The molecule has 1 heterocycles. The molecule has 4 nitrogen and oxygen atoms in total. The molecule has 2 aromatic rings. The van der Waals surface area contributed by atoms with Crippen molar-refractivity contribution in [2.45, 2.75) is 19.9 Å². The van der Waals surface area contributed by atoms with E-state index in [1.54, 1.807) is 24.4 Å². The molecule has 0 saturated heterocycles. The zero-order valence-corrected chi connectivity index (χ0v) is 11.9. The number of hydrogen-bond acceptors (Lipinski definition) is 3. The molecule has 110 valence electrons. The molecule has 0 aliphatic rings. The van der Waals surface area contributed by atoms with E-state index in [1.807, 2.05) is 6.92 Å². The average Bonchev–Trinajstić information content (AvgIpc) is 2.52. The van der Waals surface area contributed by atoms with Gasteiger partial charge < -0.3 is 10.6 Å². The first-order chi connectivity index (χ1) is 10.2. The first-order valence-corrected chi connectivity index (χ1v) is 6.90. The summed E-state index contributed by atoms with van der Waals surface area (Å²) in [6, 6.07) is 8.02. The number of hydrogen-bond donors (Lipinski definition) is 2. The zero-order chi connectivity index (χ0) is 15.1. The van der Waals surface area contributed by atoms with Crippen LogP contribution in [0.15, 0.2) is 42.7 Å². The molecule has 0 radical (unpaired) electrons. The second kappa shape index (κ2) is 7.38. The number of benzene rings is 1. The number of rotatable bonds is 6. The Kier molecular flexibility index (Phi) is 5.26. The van der Waals surface area contributed by atoms with E-state index in [1.165, 1.54) is 18.3 Å². The Hall–Kier alpha value is -2.43. The van der Waals surface area contributed by atoms with Crippen LogP contribution in [0.25, 0.3) is 0 Å². The predicted molar refractivity (Wildman–Crippen MR) is 80.6 cm³/mol. The zero-order valence-electron chi connectivity index (χ0n) is 11.9. The molecule has 2 N–H and O–H groups in total. The van der Waals surface area contributed by atoms with Crippen LogP contribution in [-0.4, -0.2) is 17.4 Å². The Balaban J connectivity index is 1.97. The maximum atomic E-state index is 12.8. The molecule has 0 atom stereocenters. The molecule has 0 bridgehead atoms. The van der Waals surface area contributed by atoms with Gasteiger partial charge in [0.25, 0.3) is 5.91 Å². The van der Waals surface area contributed by atoms with E-state index in [4.69, 9.17) is 0 Å². The van der Waals surface area contributed by atoms with Crippen LogP contribution in [-0.2, 0) is 6.54 Å². The Bertz CT molecular complexity index is 599. The van der Waals surface area contributed by atoms with E-state index in [0.717, 1.165) is 17.7 Å². The molecular weight excluding hydrogens is 269 g/mol. The minimum atomic E-state index is -0.255. The molecule has 2 rings (SSSR count). The van der Waals surface area contributed by atoms with E-state index < -0.39 is 0 Å². The molecule has 0 aliphatic heterocycles. The first kappa shape index (κ1) is 15.0. The highest BCUT2D eigenvalue weighted by Gasteiger charge is 2.06. The second-order valence-electron chi connectivity index (χ2n) is 4.70. The fourth-order valence-electron chi connectivity index (χ4n) is 1.81. The highest BCUT2D eigenvalue weighted by molar-refractivity contribution is 5.94. The van der Waals surface area contributed by atoms with E-state index in [0.29, 0.717) is 18.7 Å². The van der Waals surface area contributed by atoms with Gasteiger partial charge in [0.2, 0.25) is 0 Å². The summed E-state index contributed by atoms with van der Waals surface area (Å²) in [4.78, 5) is 15.9. The fourth-order valence-corrected chi connectivity index (χ4v) is 1.81. The number of anilines is 1. The summed E-state index contributed by atoms with van der Waals surface area (Å²) in [7, 11) is 0. The molecule has 0 aliphatic carbocycles. The third kappa shape index (κ3) is 4.56. The third-order valence-corrected chi connectivity index (χ3v) is 2.95. The van der Waals surface area contributed by atoms with Crippen molar-refractivity contribution in [3.05, 3.63) is 59.7 Å². The molecule has 1 amide bonds. The number of pyridine rings is 1. The van der Waals surface area contributed by atoms with Crippen LogP contribution < -0.4 is 10.6 Å². The molecule has 0 saturated carbocycles. The predicted octanol–water partition coefficient (Wildman–Crippen LogP) is 2.97. The van der Waals surface area contributed by atoms with Crippen LogP contribution in [0, 0.1) is 5.82 Å². The quantitative estimate of drug-likeness (QED) is 0.859. The smallest absolute Gasteiger partial charge is 0.252 e. The Morgan fingerprint density at radius 2 is 2.00 bits per heavy atom. The maximum absolute atomic E-state index is 12.8. The van der Waals surface area contributed by atoms with Crippen molar-refractivity contribution in [2.75, 3.05) is 11.9 Å². The average molecular weight is 287 g/mol. The SMILES string of the molecule is CCCNC(=O)c1cncc(NCc2ccc(F)cc2)c1. The van der Waals surface area contributed by atoms with E-state index in [9.17, 15) is 9.18 Å². The van der Waals surface area contributed by atoms with Crippen molar-refractivity contribution in [3.8, 4) is 0 Å². The number of nitrogens with zero attached hydrogens (tertiary/aromatic N) is 1. The Morgan fingerprint density at radius 3 is 2.71 bits per heavy atom. The summed E-state index contributed by atoms with van der Waals surface area (Å²) in [6.07, 6.45) is 4.08. The number of carbonyl (C=O) groups is 1. The maximum Gasteiger partial charge on any atom is 0.252 e. The summed E-state index contributed by atoms with van der Waals surface area (Å²) >= 11 is 0. The van der Waals surface area contributed by atoms with Gasteiger partial charge in [-0.15, -0.1) is 0 Å². The van der Waals surface area contributed by atoms with Crippen LogP contribution in [0.2, 0.25) is 0 Å². The minimum Gasteiger partial charge on any atom is -0.380 e. The number of carbonyl (C=O) groups excluding carboxylic acids is 1. The topological polar surface area (TPSA) is 54.0 Å². The lowest BCUT2D eigenvalue weighted by atomic mass is 10.2. The van der Waals surface area contributed by atoms with Crippen LogP contribution in [0.1, 0.15) is 29.3 Å². The highest BCUT2D eigenvalue weighted by atomic mass is 19.1. The Morgan fingerprint density at radius 1 is 1.24 bits per heavy atom. The Labute approximate surface area is 123 Å². The van der Waals surface area contributed by atoms with Gasteiger partial charge in [-0.05, 0) is 30.2 Å². The number of nitrogens with one attached hydrogen (secondary N) is 2. The van der Waals surface area contributed by atoms with Gasteiger partial charge in [-0.2, -0.15) is 0 Å². The molecule has 0 unspecified atom stereocenters. The summed E-state index contributed by atoms with van der Waals surface area (Å²) in [5.74, 6) is -0.384. The molecule has 5 heteroatoms. The van der Waals surface area contributed by atoms with Gasteiger partial charge in [-0.3, -0.25) is 9.78 Å². The van der Waals surface area contributed by atoms with Crippen LogP contribution in [0.5, 0.6) is 0 Å². The fraction of sp³-hybridized carbons (Fsp3) is 0.250. The van der Waals surface area contributed by atoms with Crippen LogP contribution in [0.4, 0.5) is 10.1 Å². The van der Waals surface area contributed by atoms with Crippen LogP contribution in [0.3, 0.4) is 0 Å². The van der Waals surface area contributed by atoms with Crippen molar-refractivity contribution < 1.29 is 9.18 Å². The number of halogens is 1. The lowest BCUT2D eigenvalue weighted by molar-refractivity contribution is 0.0953. The van der Waals surface area contributed by atoms with Gasteiger partial charge in [0.15, 0.2) is 0 Å². The normalized spacial score (nSPS) is 10.2. The summed E-state index contributed by atoms with van der Waals surface area (Å²) < 4.78 is 12.8. The standard InChI is InChI=1S/C16H18FN3O/c1-2-7-19-16(21)13-8-15(11-18-10-13)20-9-12-3-5-14(17)6-4-12/h3-6,8,10-11,20H,2,7,9H2,1H3,(H,19,21).